The van der Waals surface area contributed by atoms with Crippen molar-refractivity contribution < 1.29 is 29.0 Å². The maximum Gasteiger partial charge on any atom is 0.316 e. The summed E-state index contributed by atoms with van der Waals surface area (Å²) in [5, 5.41) is 12.4. The molecule has 38 heavy (non-hydrogen) atoms. The molecule has 3 unspecified atom stereocenters. The molecule has 1 aromatic carbocycles. The molecule has 6 atom stereocenters. The normalized spacial score (nSPS) is 36.2. The molecule has 1 aromatic rings. The molecule has 0 saturated heterocycles. The topological polar surface area (TPSA) is 97.7 Å². The number of aliphatic hydroxyl groups is 1. The van der Waals surface area contributed by atoms with Gasteiger partial charge in [-0.2, -0.15) is 0 Å². The molecule has 0 amide bonds. The molecule has 1 N–H and O–H groups in total. The number of rotatable bonds is 6. The van der Waals surface area contributed by atoms with Crippen molar-refractivity contribution in [1.29, 1.82) is 0 Å². The first-order valence-corrected chi connectivity index (χ1v) is 14.5. The maximum atomic E-state index is 13.8. The highest BCUT2D eigenvalue weighted by molar-refractivity contribution is 8.00. The summed E-state index contributed by atoms with van der Waals surface area (Å²) in [4.78, 5) is 52.5. The highest BCUT2D eigenvalue weighted by atomic mass is 35.5. The van der Waals surface area contributed by atoms with Gasteiger partial charge in [0.25, 0.3) is 0 Å². The summed E-state index contributed by atoms with van der Waals surface area (Å²) in [5.41, 5.74) is -1.36. The first-order valence-electron chi connectivity index (χ1n) is 13.1. The second-order valence-corrected chi connectivity index (χ2v) is 13.3. The molecule has 3 saturated carbocycles. The molecule has 0 aromatic heterocycles. The van der Waals surface area contributed by atoms with Gasteiger partial charge >= 0.3 is 5.97 Å². The summed E-state index contributed by atoms with van der Waals surface area (Å²) in [5.74, 6) is -1.33. The molecule has 0 bridgehead atoms. The Hall–Kier alpha value is -2.22. The molecule has 0 spiro atoms. The molecule has 202 valence electrons. The van der Waals surface area contributed by atoms with Crippen molar-refractivity contribution in [2.45, 2.75) is 62.9 Å². The van der Waals surface area contributed by atoms with Crippen molar-refractivity contribution in [2.24, 2.45) is 28.6 Å². The van der Waals surface area contributed by atoms with Gasteiger partial charge in [0.2, 0.25) is 5.78 Å². The lowest BCUT2D eigenvalue weighted by Gasteiger charge is -2.58. The average molecular weight is 557 g/mol. The number of carbonyl (C=O) groups is 4. The van der Waals surface area contributed by atoms with E-state index in [2.05, 4.69) is 13.5 Å². The highest BCUT2D eigenvalue weighted by Gasteiger charge is 2.68. The smallest absolute Gasteiger partial charge is 0.316 e. The zero-order valence-corrected chi connectivity index (χ0v) is 23.3. The van der Waals surface area contributed by atoms with Crippen molar-refractivity contribution in [3.8, 4) is 0 Å². The molecule has 5 rings (SSSR count). The Kier molecular flexibility index (Phi) is 7.02. The number of esters is 1. The Labute approximate surface area is 232 Å². The van der Waals surface area contributed by atoms with Gasteiger partial charge in [-0.3, -0.25) is 19.2 Å². The SMILES string of the molecule is C=C1CC2C(C(=O)C[C@@]3(C)C2CC[C@]3(O)C(=O)COC(=O)CSc2ccc(Cl)cc2)[C@@]2(C)CCC(=O)C=C12. The van der Waals surface area contributed by atoms with Gasteiger partial charge in [-0.15, -0.1) is 11.8 Å². The Morgan fingerprint density at radius 2 is 1.89 bits per heavy atom. The fraction of sp³-hybridized carbons (Fsp3) is 0.533. The molecule has 0 aliphatic heterocycles. The molecule has 0 radical (unpaired) electrons. The fourth-order valence-electron chi connectivity index (χ4n) is 7.85. The van der Waals surface area contributed by atoms with Gasteiger partial charge in [-0.05, 0) is 73.4 Å². The number of fused-ring (bicyclic) bond motifs is 5. The monoisotopic (exact) mass is 556 g/mol. The second-order valence-electron chi connectivity index (χ2n) is 11.8. The van der Waals surface area contributed by atoms with Crippen molar-refractivity contribution in [1.82, 2.24) is 0 Å². The van der Waals surface area contributed by atoms with Crippen LogP contribution in [0.4, 0.5) is 0 Å². The number of ether oxygens (including phenoxy) is 1. The van der Waals surface area contributed by atoms with Crippen LogP contribution in [0.15, 0.2) is 53.0 Å². The predicted molar refractivity (Wildman–Crippen MR) is 145 cm³/mol. The van der Waals surface area contributed by atoms with E-state index in [9.17, 15) is 24.3 Å². The van der Waals surface area contributed by atoms with Gasteiger partial charge in [-0.25, -0.2) is 0 Å². The van der Waals surface area contributed by atoms with Gasteiger partial charge in [0.1, 0.15) is 11.4 Å². The van der Waals surface area contributed by atoms with E-state index in [0.717, 1.165) is 16.0 Å². The summed E-state index contributed by atoms with van der Waals surface area (Å²) >= 11 is 7.16. The average Bonchev–Trinajstić information content (AvgIpc) is 3.14. The summed E-state index contributed by atoms with van der Waals surface area (Å²) < 4.78 is 5.27. The molecular weight excluding hydrogens is 524 g/mol. The van der Waals surface area contributed by atoms with Crippen molar-refractivity contribution in [3.63, 3.8) is 0 Å². The third-order valence-corrected chi connectivity index (χ3v) is 11.0. The first kappa shape index (κ1) is 27.4. The summed E-state index contributed by atoms with van der Waals surface area (Å²) in [7, 11) is 0. The Morgan fingerprint density at radius 3 is 2.61 bits per heavy atom. The first-order chi connectivity index (χ1) is 17.9. The molecule has 4 aliphatic rings. The standard InChI is InChI=1S/C30H33ClO6S/c1-17-12-21-22-9-11-30(36,25(34)15-37-26(35)16-38-20-6-4-18(31)5-7-20)29(22,3)14-24(33)27(21)28(2)10-8-19(32)13-23(17)28/h4-7,13,21-22,27,36H,1,8-12,14-16H2,2-3H3/t21?,22?,27?,28-,29-,30-/m0/s1. The number of halogens is 1. The molecule has 3 fully saturated rings. The number of ketones is 3. The molecule has 8 heteroatoms. The van der Waals surface area contributed by atoms with Crippen LogP contribution in [0.5, 0.6) is 0 Å². The molecular formula is C30H33ClO6S. The van der Waals surface area contributed by atoms with Crippen LogP contribution >= 0.6 is 23.4 Å². The van der Waals surface area contributed by atoms with E-state index in [-0.39, 0.29) is 47.9 Å². The number of thioether (sulfide) groups is 1. The van der Waals surface area contributed by atoms with Crippen LogP contribution in [0.3, 0.4) is 0 Å². The lowest BCUT2D eigenvalue weighted by atomic mass is 9.45. The van der Waals surface area contributed by atoms with Crippen LogP contribution in [-0.4, -0.2) is 46.4 Å². The van der Waals surface area contributed by atoms with Crippen LogP contribution < -0.4 is 0 Å². The van der Waals surface area contributed by atoms with Gasteiger partial charge < -0.3 is 9.84 Å². The fourth-order valence-corrected chi connectivity index (χ4v) is 8.67. The van der Waals surface area contributed by atoms with E-state index >= 15 is 0 Å². The lowest BCUT2D eigenvalue weighted by Crippen LogP contribution is -2.61. The van der Waals surface area contributed by atoms with Crippen molar-refractivity contribution in [3.05, 3.63) is 53.1 Å². The van der Waals surface area contributed by atoms with E-state index in [0.29, 0.717) is 30.7 Å². The third kappa shape index (κ3) is 4.31. The number of hydrogen-bond donors (Lipinski definition) is 1. The van der Waals surface area contributed by atoms with Crippen LogP contribution in [0.2, 0.25) is 5.02 Å². The Bertz CT molecular complexity index is 1250. The molecule has 4 aliphatic carbocycles. The van der Waals surface area contributed by atoms with Crippen LogP contribution in [0, 0.1) is 28.6 Å². The van der Waals surface area contributed by atoms with Gasteiger partial charge in [0.05, 0.1) is 5.75 Å². The number of allylic oxidation sites excluding steroid dienone is 2. The summed E-state index contributed by atoms with van der Waals surface area (Å²) in [6.07, 6.45) is 4.20. The number of carbonyl (C=O) groups excluding carboxylic acids is 4. The molecule has 6 nitrogen and oxygen atoms in total. The van der Waals surface area contributed by atoms with E-state index in [1.54, 1.807) is 30.3 Å². The van der Waals surface area contributed by atoms with Gasteiger partial charge in [0, 0.05) is 39.5 Å². The van der Waals surface area contributed by atoms with Gasteiger partial charge in [0.15, 0.2) is 12.4 Å². The third-order valence-electron chi connectivity index (χ3n) is 9.77. The van der Waals surface area contributed by atoms with Gasteiger partial charge in [-0.1, -0.05) is 37.6 Å². The minimum Gasteiger partial charge on any atom is -0.457 e. The second kappa shape index (κ2) is 9.76. The van der Waals surface area contributed by atoms with Crippen molar-refractivity contribution in [2.75, 3.05) is 12.4 Å². The zero-order chi connectivity index (χ0) is 27.5. The van der Waals surface area contributed by atoms with E-state index in [1.165, 1.54) is 11.8 Å². The van der Waals surface area contributed by atoms with Crippen LogP contribution in [0.25, 0.3) is 0 Å². The van der Waals surface area contributed by atoms with E-state index < -0.39 is 34.8 Å². The van der Waals surface area contributed by atoms with Crippen molar-refractivity contribution >= 4 is 46.7 Å². The number of hydrogen-bond acceptors (Lipinski definition) is 7. The Morgan fingerprint density at radius 1 is 1.18 bits per heavy atom. The number of Topliss-reactive ketones (excluding diaryl/α,β-unsaturated/α-hetero) is 2. The minimum atomic E-state index is -1.75. The Balaban J connectivity index is 1.29. The summed E-state index contributed by atoms with van der Waals surface area (Å²) in [6.45, 7) is 7.65. The maximum absolute atomic E-state index is 13.8. The summed E-state index contributed by atoms with van der Waals surface area (Å²) in [6, 6.07) is 7.05. The highest BCUT2D eigenvalue weighted by Crippen LogP contribution is 2.67. The minimum absolute atomic E-state index is 0.0223. The number of benzene rings is 1. The quantitative estimate of drug-likeness (QED) is 0.382. The molecule has 0 heterocycles. The predicted octanol–water partition coefficient (Wildman–Crippen LogP) is 5.15. The van der Waals surface area contributed by atoms with E-state index in [4.69, 9.17) is 16.3 Å². The zero-order valence-electron chi connectivity index (χ0n) is 21.8. The van der Waals surface area contributed by atoms with E-state index in [1.807, 2.05) is 6.92 Å². The lowest BCUT2D eigenvalue weighted by molar-refractivity contribution is -0.172. The van der Waals surface area contributed by atoms with Crippen LogP contribution in [0.1, 0.15) is 52.4 Å². The largest absolute Gasteiger partial charge is 0.457 e. The van der Waals surface area contributed by atoms with Crippen LogP contribution in [-0.2, 0) is 23.9 Å².